The van der Waals surface area contributed by atoms with Gasteiger partial charge >= 0.3 is 6.03 Å². The summed E-state index contributed by atoms with van der Waals surface area (Å²) < 4.78 is 11.0. The lowest BCUT2D eigenvalue weighted by molar-refractivity contribution is -0.0386. The normalized spacial score (nSPS) is 36.9. The monoisotopic (exact) mass is 240 g/mol. The number of hydrogen-bond donors (Lipinski definition) is 1. The molecule has 0 radical (unpaired) electrons. The van der Waals surface area contributed by atoms with Crippen molar-refractivity contribution in [2.75, 3.05) is 26.4 Å². The molecule has 2 saturated heterocycles. The molecular weight excluding hydrogens is 220 g/mol. The minimum Gasteiger partial charge on any atom is -0.379 e. The second-order valence-electron chi connectivity index (χ2n) is 5.11. The fourth-order valence-electron chi connectivity index (χ4n) is 3.08. The van der Waals surface area contributed by atoms with E-state index >= 15 is 0 Å². The molecule has 2 heterocycles. The number of fused-ring (bicyclic) bond motifs is 1. The Hall–Kier alpha value is -0.810. The highest BCUT2D eigenvalue weighted by atomic mass is 16.5. The molecule has 3 rings (SSSR count). The molecule has 0 aromatic carbocycles. The van der Waals surface area contributed by atoms with Crippen LogP contribution in [0.4, 0.5) is 4.79 Å². The summed E-state index contributed by atoms with van der Waals surface area (Å²) >= 11 is 0. The van der Waals surface area contributed by atoms with Crippen LogP contribution in [0.3, 0.4) is 0 Å². The largest absolute Gasteiger partial charge is 0.379 e. The molecule has 3 unspecified atom stereocenters. The summed E-state index contributed by atoms with van der Waals surface area (Å²) in [5.41, 5.74) is 0. The predicted molar refractivity (Wildman–Crippen MR) is 61.8 cm³/mol. The van der Waals surface area contributed by atoms with Crippen molar-refractivity contribution in [3.63, 3.8) is 0 Å². The van der Waals surface area contributed by atoms with Crippen LogP contribution in [0.5, 0.6) is 0 Å². The molecule has 3 aliphatic rings. The Morgan fingerprint density at radius 3 is 3.00 bits per heavy atom. The molecular formula is C12H20N2O3. The zero-order valence-electron chi connectivity index (χ0n) is 10.1. The fraction of sp³-hybridized carbons (Fsp3) is 0.917. The standard InChI is InChI=1S/C12H20N2O3/c15-12(13-9-4-6-16-8-9)14-5-7-17-11-3-1-2-10(11)14/h9-11H,1-8H2,(H,13,15). The van der Waals surface area contributed by atoms with Crippen LogP contribution < -0.4 is 5.32 Å². The minimum atomic E-state index is 0.0701. The van der Waals surface area contributed by atoms with E-state index in [4.69, 9.17) is 9.47 Å². The molecule has 0 aromatic rings. The Bertz CT molecular complexity index is 291. The zero-order chi connectivity index (χ0) is 11.7. The highest BCUT2D eigenvalue weighted by molar-refractivity contribution is 5.75. The number of carbonyl (C=O) groups excluding carboxylic acids is 1. The quantitative estimate of drug-likeness (QED) is 0.735. The third-order valence-corrected chi connectivity index (χ3v) is 4.00. The molecule has 2 amide bonds. The molecule has 1 saturated carbocycles. The number of morpholine rings is 1. The van der Waals surface area contributed by atoms with Crippen LogP contribution in [0.2, 0.25) is 0 Å². The number of nitrogens with zero attached hydrogens (tertiary/aromatic N) is 1. The van der Waals surface area contributed by atoms with Gasteiger partial charge in [-0.25, -0.2) is 4.79 Å². The lowest BCUT2D eigenvalue weighted by atomic mass is 10.1. The molecule has 1 N–H and O–H groups in total. The van der Waals surface area contributed by atoms with Crippen LogP contribution in [0.1, 0.15) is 25.7 Å². The van der Waals surface area contributed by atoms with E-state index < -0.39 is 0 Å². The van der Waals surface area contributed by atoms with E-state index in [2.05, 4.69) is 5.32 Å². The average molecular weight is 240 g/mol. The van der Waals surface area contributed by atoms with Gasteiger partial charge in [-0.15, -0.1) is 0 Å². The second kappa shape index (κ2) is 4.82. The van der Waals surface area contributed by atoms with Gasteiger partial charge in [-0.3, -0.25) is 0 Å². The van der Waals surface area contributed by atoms with E-state index in [1.807, 2.05) is 4.90 Å². The van der Waals surface area contributed by atoms with Gasteiger partial charge in [0, 0.05) is 13.2 Å². The third-order valence-electron chi connectivity index (χ3n) is 4.00. The molecule has 0 aromatic heterocycles. The van der Waals surface area contributed by atoms with Gasteiger partial charge in [0.2, 0.25) is 0 Å². The highest BCUT2D eigenvalue weighted by Gasteiger charge is 2.38. The van der Waals surface area contributed by atoms with Crippen molar-refractivity contribution < 1.29 is 14.3 Å². The third kappa shape index (κ3) is 2.26. The summed E-state index contributed by atoms with van der Waals surface area (Å²) in [5.74, 6) is 0. The van der Waals surface area contributed by atoms with E-state index in [-0.39, 0.29) is 18.2 Å². The topological polar surface area (TPSA) is 50.8 Å². The maximum absolute atomic E-state index is 12.2. The maximum Gasteiger partial charge on any atom is 0.318 e. The van der Waals surface area contributed by atoms with Crippen molar-refractivity contribution in [1.82, 2.24) is 10.2 Å². The molecule has 17 heavy (non-hydrogen) atoms. The van der Waals surface area contributed by atoms with Gasteiger partial charge in [0.05, 0.1) is 31.4 Å². The first-order chi connectivity index (χ1) is 8.34. The molecule has 5 heteroatoms. The zero-order valence-corrected chi connectivity index (χ0v) is 10.1. The van der Waals surface area contributed by atoms with E-state index in [0.717, 1.165) is 32.4 Å². The first-order valence-electron chi connectivity index (χ1n) is 6.61. The number of ether oxygens (including phenoxy) is 2. The lowest BCUT2D eigenvalue weighted by Crippen LogP contribution is -2.56. The number of amides is 2. The number of rotatable bonds is 1. The van der Waals surface area contributed by atoms with Crippen LogP contribution in [-0.2, 0) is 9.47 Å². The molecule has 0 spiro atoms. The SMILES string of the molecule is O=C(NC1CCOC1)N1CCOC2CCCC21. The van der Waals surface area contributed by atoms with Crippen LogP contribution in [0, 0.1) is 0 Å². The first-order valence-corrected chi connectivity index (χ1v) is 6.61. The van der Waals surface area contributed by atoms with Gasteiger partial charge in [-0.1, -0.05) is 0 Å². The second-order valence-corrected chi connectivity index (χ2v) is 5.11. The Balaban J connectivity index is 1.59. The Labute approximate surface area is 101 Å². The minimum absolute atomic E-state index is 0.0701. The van der Waals surface area contributed by atoms with Crippen LogP contribution in [0.15, 0.2) is 0 Å². The lowest BCUT2D eigenvalue weighted by Gasteiger charge is -2.38. The van der Waals surface area contributed by atoms with Gasteiger partial charge in [0.1, 0.15) is 0 Å². The van der Waals surface area contributed by atoms with Crippen molar-refractivity contribution >= 4 is 6.03 Å². The molecule has 5 nitrogen and oxygen atoms in total. The van der Waals surface area contributed by atoms with Gasteiger partial charge < -0.3 is 19.7 Å². The Morgan fingerprint density at radius 1 is 1.24 bits per heavy atom. The van der Waals surface area contributed by atoms with Gasteiger partial charge in [0.15, 0.2) is 0 Å². The summed E-state index contributed by atoms with van der Waals surface area (Å²) in [6.07, 6.45) is 4.56. The smallest absolute Gasteiger partial charge is 0.318 e. The van der Waals surface area contributed by atoms with Gasteiger partial charge in [-0.05, 0) is 25.7 Å². The van der Waals surface area contributed by atoms with Crippen LogP contribution >= 0.6 is 0 Å². The summed E-state index contributed by atoms with van der Waals surface area (Å²) in [6, 6.07) is 0.567. The van der Waals surface area contributed by atoms with Gasteiger partial charge in [0.25, 0.3) is 0 Å². The number of urea groups is 1. The van der Waals surface area contributed by atoms with Crippen LogP contribution in [0.25, 0.3) is 0 Å². The van der Waals surface area contributed by atoms with Crippen LogP contribution in [-0.4, -0.2) is 55.5 Å². The van der Waals surface area contributed by atoms with Crippen molar-refractivity contribution in [3.05, 3.63) is 0 Å². The highest BCUT2D eigenvalue weighted by Crippen LogP contribution is 2.29. The molecule has 2 aliphatic heterocycles. The predicted octanol–water partition coefficient (Wildman–Crippen LogP) is 0.738. The van der Waals surface area contributed by atoms with E-state index in [9.17, 15) is 4.79 Å². The molecule has 1 aliphatic carbocycles. The summed E-state index contributed by atoms with van der Waals surface area (Å²) in [6.45, 7) is 2.82. The number of nitrogens with one attached hydrogen (secondary N) is 1. The number of hydrogen-bond acceptors (Lipinski definition) is 3. The Kier molecular flexibility index (Phi) is 3.20. The molecule has 96 valence electrons. The molecule has 0 bridgehead atoms. The van der Waals surface area contributed by atoms with E-state index in [1.165, 1.54) is 6.42 Å². The van der Waals surface area contributed by atoms with Crippen molar-refractivity contribution in [2.45, 2.75) is 43.9 Å². The van der Waals surface area contributed by atoms with Gasteiger partial charge in [-0.2, -0.15) is 0 Å². The average Bonchev–Trinajstić information content (AvgIpc) is 2.97. The Morgan fingerprint density at radius 2 is 2.18 bits per heavy atom. The van der Waals surface area contributed by atoms with E-state index in [1.54, 1.807) is 0 Å². The van der Waals surface area contributed by atoms with Crippen molar-refractivity contribution in [2.24, 2.45) is 0 Å². The number of carbonyl (C=O) groups is 1. The summed E-state index contributed by atoms with van der Waals surface area (Å²) in [7, 11) is 0. The molecule has 3 fully saturated rings. The van der Waals surface area contributed by atoms with Crippen molar-refractivity contribution in [1.29, 1.82) is 0 Å². The first kappa shape index (κ1) is 11.3. The summed E-state index contributed by atoms with van der Waals surface area (Å²) in [5, 5.41) is 3.07. The van der Waals surface area contributed by atoms with Crippen molar-refractivity contribution in [3.8, 4) is 0 Å². The fourth-order valence-corrected chi connectivity index (χ4v) is 3.08. The van der Waals surface area contributed by atoms with E-state index in [0.29, 0.717) is 19.3 Å². The molecule has 3 atom stereocenters. The maximum atomic E-state index is 12.2. The summed E-state index contributed by atoms with van der Waals surface area (Å²) in [4.78, 5) is 14.2.